The number of nitrogens with one attached hydrogen (secondary N) is 2. The van der Waals surface area contributed by atoms with Crippen molar-refractivity contribution in [3.05, 3.63) is 109 Å². The summed E-state index contributed by atoms with van der Waals surface area (Å²) in [5, 5.41) is 7.17. The highest BCUT2D eigenvalue weighted by atomic mass is 19.4. The van der Waals surface area contributed by atoms with Gasteiger partial charge >= 0.3 is 18.4 Å². The van der Waals surface area contributed by atoms with E-state index in [1.807, 2.05) is 0 Å². The first kappa shape index (κ1) is 45.9. The van der Waals surface area contributed by atoms with E-state index in [4.69, 9.17) is 4.74 Å². The minimum absolute atomic E-state index is 0.0493. The van der Waals surface area contributed by atoms with Crippen molar-refractivity contribution in [2.75, 3.05) is 36.8 Å². The molecule has 2 aliphatic heterocycles. The second kappa shape index (κ2) is 18.2. The lowest BCUT2D eigenvalue weighted by molar-refractivity contribution is -0.138. The average molecular weight is 909 g/mol. The number of nitrogens with zero attached hydrogens (tertiary/aromatic N) is 8. The summed E-state index contributed by atoms with van der Waals surface area (Å²) >= 11 is 0. The van der Waals surface area contributed by atoms with Crippen molar-refractivity contribution in [2.24, 2.45) is 0 Å². The van der Waals surface area contributed by atoms with Gasteiger partial charge in [-0.1, -0.05) is 6.58 Å². The Balaban J connectivity index is 0.000000195. The van der Waals surface area contributed by atoms with E-state index in [9.17, 15) is 44.7 Å². The van der Waals surface area contributed by atoms with E-state index in [-0.39, 0.29) is 43.5 Å². The number of rotatable bonds is 7. The van der Waals surface area contributed by atoms with Gasteiger partial charge in [-0.05, 0) is 75.4 Å². The maximum Gasteiger partial charge on any atom is 0.417 e. The quantitative estimate of drug-likeness (QED) is 0.117. The molecule has 21 heteroatoms. The van der Waals surface area contributed by atoms with E-state index in [0.717, 1.165) is 30.6 Å². The van der Waals surface area contributed by atoms with Gasteiger partial charge in [-0.15, -0.1) is 0 Å². The molecule has 4 atom stereocenters. The first-order valence-electron chi connectivity index (χ1n) is 20.0. The number of carbonyl (C=O) groups is 2. The summed E-state index contributed by atoms with van der Waals surface area (Å²) in [6, 6.07) is 9.80. The number of hydrogen-bond donors (Lipinski definition) is 2. The number of pyridine rings is 6. The third-order valence-corrected chi connectivity index (χ3v) is 10.3. The molecule has 6 aromatic heterocycles. The molecule has 340 valence electrons. The summed E-state index contributed by atoms with van der Waals surface area (Å²) in [6.45, 7) is 8.69. The van der Waals surface area contributed by atoms with Gasteiger partial charge in [0.2, 0.25) is 5.91 Å². The van der Waals surface area contributed by atoms with Crippen LogP contribution in [-0.2, 0) is 21.9 Å². The smallest absolute Gasteiger partial charge is 0.417 e. The van der Waals surface area contributed by atoms with Crippen molar-refractivity contribution in [1.82, 2.24) is 39.7 Å². The average Bonchev–Trinajstić information content (AvgIpc) is 3.83. The van der Waals surface area contributed by atoms with Gasteiger partial charge < -0.3 is 25.2 Å². The molecule has 0 spiro atoms. The van der Waals surface area contributed by atoms with Gasteiger partial charge in [-0.25, -0.2) is 23.5 Å². The molecule has 0 aliphatic carbocycles. The number of fused-ring (bicyclic) bond motifs is 2. The van der Waals surface area contributed by atoms with Crippen LogP contribution >= 0.6 is 0 Å². The third-order valence-electron chi connectivity index (χ3n) is 10.3. The van der Waals surface area contributed by atoms with E-state index < -0.39 is 59.6 Å². The van der Waals surface area contributed by atoms with Crippen molar-refractivity contribution < 1.29 is 49.4 Å². The fourth-order valence-electron chi connectivity index (χ4n) is 7.12. The lowest BCUT2D eigenvalue weighted by Crippen LogP contribution is -2.36. The number of aromatic nitrogens is 6. The van der Waals surface area contributed by atoms with Crippen molar-refractivity contribution >= 4 is 45.4 Å². The molecule has 6 aromatic rings. The topological polar surface area (TPSA) is 151 Å². The minimum Gasteiger partial charge on any atom is -0.444 e. The Morgan fingerprint density at radius 3 is 1.49 bits per heavy atom. The van der Waals surface area contributed by atoms with Crippen LogP contribution in [0.2, 0.25) is 0 Å². The Morgan fingerprint density at radius 2 is 1.09 bits per heavy atom. The molecular formula is C44H40F8N10O3. The Hall–Kier alpha value is -7.06. The maximum absolute atomic E-state index is 14.7. The van der Waals surface area contributed by atoms with E-state index in [0.29, 0.717) is 44.6 Å². The number of carbonyl (C=O) groups excluding carboxylic acids is 2. The largest absolute Gasteiger partial charge is 0.444 e. The van der Waals surface area contributed by atoms with Gasteiger partial charge in [-0.2, -0.15) is 26.3 Å². The van der Waals surface area contributed by atoms with Crippen LogP contribution in [0.25, 0.3) is 44.3 Å². The molecule has 65 heavy (non-hydrogen) atoms. The summed E-state index contributed by atoms with van der Waals surface area (Å²) < 4.78 is 112. The lowest BCUT2D eigenvalue weighted by Gasteiger charge is -2.24. The molecule has 2 N–H and O–H groups in total. The highest BCUT2D eigenvalue weighted by molar-refractivity contribution is 5.99. The van der Waals surface area contributed by atoms with Crippen LogP contribution in [0.15, 0.2) is 98.4 Å². The van der Waals surface area contributed by atoms with Crippen LogP contribution in [0.3, 0.4) is 0 Å². The fourth-order valence-corrected chi connectivity index (χ4v) is 7.12. The molecule has 8 rings (SSSR count). The van der Waals surface area contributed by atoms with Crippen LogP contribution in [0, 0.1) is 0 Å². The first-order valence-corrected chi connectivity index (χ1v) is 20.0. The molecule has 0 unspecified atom stereocenters. The van der Waals surface area contributed by atoms with Crippen molar-refractivity contribution in [3.63, 3.8) is 0 Å². The molecule has 2 fully saturated rings. The number of anilines is 2. The maximum atomic E-state index is 14.7. The van der Waals surface area contributed by atoms with E-state index >= 15 is 0 Å². The Labute approximate surface area is 366 Å². The monoisotopic (exact) mass is 908 g/mol. The van der Waals surface area contributed by atoms with Crippen molar-refractivity contribution in [1.29, 1.82) is 0 Å². The summed E-state index contributed by atoms with van der Waals surface area (Å²) in [5.74, 6) is 0.354. The predicted octanol–water partition coefficient (Wildman–Crippen LogP) is 8.94. The highest BCUT2D eigenvalue weighted by Crippen LogP contribution is 2.35. The second-order valence-corrected chi connectivity index (χ2v) is 16.1. The third kappa shape index (κ3) is 10.5. The zero-order chi connectivity index (χ0) is 46.8. The number of amides is 2. The number of likely N-dealkylation sites (tertiary alicyclic amines) is 2. The molecule has 0 saturated carbocycles. The van der Waals surface area contributed by atoms with E-state index in [1.165, 1.54) is 46.7 Å². The van der Waals surface area contributed by atoms with Crippen molar-refractivity contribution in [3.8, 4) is 22.5 Å². The summed E-state index contributed by atoms with van der Waals surface area (Å²) in [4.78, 5) is 52.0. The van der Waals surface area contributed by atoms with Gasteiger partial charge in [0, 0.05) is 72.2 Å². The zero-order valence-electron chi connectivity index (χ0n) is 34.8. The van der Waals surface area contributed by atoms with Gasteiger partial charge in [-0.3, -0.25) is 24.7 Å². The molecule has 8 heterocycles. The molecular weight excluding hydrogens is 869 g/mol. The predicted molar refractivity (Wildman–Crippen MR) is 225 cm³/mol. The highest BCUT2D eigenvalue weighted by Gasteiger charge is 2.39. The Kier molecular flexibility index (Phi) is 12.9. The molecule has 0 aromatic carbocycles. The summed E-state index contributed by atoms with van der Waals surface area (Å²) in [6.07, 6.45) is -3.62. The molecule has 0 radical (unpaired) electrons. The van der Waals surface area contributed by atoms with Gasteiger partial charge in [0.25, 0.3) is 0 Å². The molecule has 0 bridgehead atoms. The molecule has 2 saturated heterocycles. The van der Waals surface area contributed by atoms with Gasteiger partial charge in [0.15, 0.2) is 0 Å². The normalized spacial score (nSPS) is 18.9. The fraction of sp³-hybridized carbons (Fsp3) is 0.318. The summed E-state index contributed by atoms with van der Waals surface area (Å²) in [7, 11) is 0. The molecule has 2 amide bonds. The van der Waals surface area contributed by atoms with Crippen molar-refractivity contribution in [2.45, 2.75) is 63.2 Å². The standard InChI is InChI=1S/C23H23F4N5O2.C21H17F4N5O/c1-22(2,3)34-21(33)32-11-16(24)18(12-32)31-20-14-5-4-8-28-19(14)15(10-30-20)17-7-6-13(9-29-17)23(25,26)27;1-2-18(31)30-10-15(22)17(11-30)29-20-13-4-3-7-26-19(13)14(9-28-20)16-6-5-12(8-27-16)21(23,24)25/h4-10,16,18H,11-12H2,1-3H3,(H,30,31);2-9,15,17H,1,10-11H2,(H,28,29)/t16-,18+;15-,17+/m00/s1. The van der Waals surface area contributed by atoms with E-state index in [1.54, 1.807) is 45.0 Å². The number of alkyl halides is 8. The van der Waals surface area contributed by atoms with Crippen LogP contribution in [0.1, 0.15) is 31.9 Å². The van der Waals surface area contributed by atoms with Crippen LogP contribution < -0.4 is 10.6 Å². The minimum atomic E-state index is -4.49. The Morgan fingerprint density at radius 1 is 0.646 bits per heavy atom. The first-order chi connectivity index (χ1) is 30.7. The molecule has 2 aliphatic rings. The van der Waals surface area contributed by atoms with E-state index in [2.05, 4.69) is 47.1 Å². The van der Waals surface area contributed by atoms with Gasteiger partial charge in [0.05, 0.1) is 58.7 Å². The molecule has 13 nitrogen and oxygen atoms in total. The summed E-state index contributed by atoms with van der Waals surface area (Å²) in [5.41, 5.74) is -0.0589. The number of hydrogen-bond acceptors (Lipinski definition) is 11. The van der Waals surface area contributed by atoms with Crippen LogP contribution in [0.4, 0.5) is 51.6 Å². The SMILES string of the molecule is C=CC(=O)N1C[C@H](F)[C@H](Nc2ncc(-c3ccc(C(F)(F)F)cn3)c3ncccc23)C1.CC(C)(C)OC(=O)N1C[C@H](F)[C@H](Nc2ncc(-c3ccc(C(F)(F)F)cn3)c3ncccc23)C1. The van der Waals surface area contributed by atoms with Gasteiger partial charge in [0.1, 0.15) is 29.6 Å². The number of ether oxygens (including phenoxy) is 1. The number of halogens is 8. The zero-order valence-corrected chi connectivity index (χ0v) is 34.8. The van der Waals surface area contributed by atoms with Crippen LogP contribution in [-0.4, -0.2) is 108 Å². The lowest BCUT2D eigenvalue weighted by atomic mass is 10.1. The van der Waals surface area contributed by atoms with Crippen LogP contribution in [0.5, 0.6) is 0 Å². The Bertz CT molecular complexity index is 2700. The second-order valence-electron chi connectivity index (χ2n) is 16.1.